The minimum atomic E-state index is -0.0922. The van der Waals surface area contributed by atoms with Gasteiger partial charge in [0.1, 0.15) is 0 Å². The van der Waals surface area contributed by atoms with Gasteiger partial charge in [-0.2, -0.15) is 0 Å². The average molecular weight is 229 g/mol. The van der Waals surface area contributed by atoms with Gasteiger partial charge in [-0.3, -0.25) is 0 Å². The van der Waals surface area contributed by atoms with Crippen LogP contribution < -0.4 is 5.32 Å². The zero-order valence-corrected chi connectivity index (χ0v) is 11.0. The minimum Gasteiger partial charge on any atom is -0.394 e. The second kappa shape index (κ2) is 6.58. The Morgan fingerprint density at radius 1 is 1.50 bits per heavy atom. The Kier molecular flexibility index (Phi) is 5.73. The van der Waals surface area contributed by atoms with Crippen molar-refractivity contribution in [1.82, 2.24) is 5.32 Å². The summed E-state index contributed by atoms with van der Waals surface area (Å²) >= 11 is 0. The van der Waals surface area contributed by atoms with Crippen LogP contribution in [0, 0.1) is 0 Å². The van der Waals surface area contributed by atoms with E-state index in [-0.39, 0.29) is 12.1 Å². The van der Waals surface area contributed by atoms with Gasteiger partial charge in [0.15, 0.2) is 0 Å². The van der Waals surface area contributed by atoms with Crippen LogP contribution in [0.4, 0.5) is 0 Å². The molecular weight excluding hydrogens is 202 g/mol. The highest BCUT2D eigenvalue weighted by Gasteiger charge is 2.39. The summed E-state index contributed by atoms with van der Waals surface area (Å²) in [4.78, 5) is 0. The Balaban J connectivity index is 2.35. The largest absolute Gasteiger partial charge is 0.394 e. The third kappa shape index (κ3) is 4.04. The van der Waals surface area contributed by atoms with Gasteiger partial charge < -0.3 is 15.2 Å². The number of nitrogens with one attached hydrogen (secondary N) is 1. The summed E-state index contributed by atoms with van der Waals surface area (Å²) in [5, 5.41) is 13.0. The first kappa shape index (κ1) is 13.9. The Bertz CT molecular complexity index is 196. The summed E-state index contributed by atoms with van der Waals surface area (Å²) < 4.78 is 5.83. The lowest BCUT2D eigenvalue weighted by Gasteiger charge is -2.31. The molecule has 0 spiro atoms. The molecule has 2 atom stereocenters. The Labute approximate surface area is 99.6 Å². The van der Waals surface area contributed by atoms with Gasteiger partial charge in [0, 0.05) is 18.2 Å². The third-order valence-corrected chi connectivity index (χ3v) is 3.31. The molecule has 16 heavy (non-hydrogen) atoms. The van der Waals surface area contributed by atoms with Gasteiger partial charge in [-0.25, -0.2) is 0 Å². The van der Waals surface area contributed by atoms with Gasteiger partial charge in [0.2, 0.25) is 0 Å². The molecule has 96 valence electrons. The van der Waals surface area contributed by atoms with Crippen molar-refractivity contribution in [2.45, 2.75) is 70.6 Å². The topological polar surface area (TPSA) is 41.5 Å². The van der Waals surface area contributed by atoms with Crippen LogP contribution in [-0.2, 0) is 4.74 Å². The van der Waals surface area contributed by atoms with Crippen LogP contribution >= 0.6 is 0 Å². The summed E-state index contributed by atoms with van der Waals surface area (Å²) in [6.45, 7) is 7.52. The Morgan fingerprint density at radius 2 is 2.25 bits per heavy atom. The van der Waals surface area contributed by atoms with Crippen molar-refractivity contribution in [2.75, 3.05) is 13.2 Å². The number of hydrogen-bond acceptors (Lipinski definition) is 3. The highest BCUT2D eigenvalue weighted by molar-refractivity contribution is 4.97. The zero-order chi connectivity index (χ0) is 12.0. The van der Waals surface area contributed by atoms with Crippen molar-refractivity contribution in [3.05, 3.63) is 0 Å². The molecule has 1 fully saturated rings. The molecule has 1 aliphatic carbocycles. The summed E-state index contributed by atoms with van der Waals surface area (Å²) in [6, 6.07) is 0.418. The fourth-order valence-electron chi connectivity index (χ4n) is 2.55. The first-order valence-corrected chi connectivity index (χ1v) is 6.62. The van der Waals surface area contributed by atoms with Crippen molar-refractivity contribution >= 4 is 0 Å². The molecule has 2 unspecified atom stereocenters. The molecule has 0 saturated heterocycles. The van der Waals surface area contributed by atoms with E-state index >= 15 is 0 Å². The van der Waals surface area contributed by atoms with E-state index in [0.29, 0.717) is 12.1 Å². The maximum Gasteiger partial charge on any atom is 0.0614 e. The van der Waals surface area contributed by atoms with E-state index in [1.165, 1.54) is 6.42 Å². The van der Waals surface area contributed by atoms with Crippen molar-refractivity contribution in [2.24, 2.45) is 0 Å². The second-order valence-electron chi connectivity index (χ2n) is 5.33. The van der Waals surface area contributed by atoms with Gasteiger partial charge in [-0.15, -0.1) is 0 Å². The lowest BCUT2D eigenvalue weighted by atomic mass is 9.97. The van der Waals surface area contributed by atoms with E-state index in [9.17, 15) is 5.11 Å². The molecule has 0 aromatic rings. The molecule has 0 aromatic heterocycles. The highest BCUT2D eigenvalue weighted by Crippen LogP contribution is 2.32. The van der Waals surface area contributed by atoms with Crippen LogP contribution in [0.1, 0.15) is 52.9 Å². The first-order chi connectivity index (χ1) is 7.62. The van der Waals surface area contributed by atoms with E-state index < -0.39 is 0 Å². The summed E-state index contributed by atoms with van der Waals surface area (Å²) in [5.41, 5.74) is -0.0922. The van der Waals surface area contributed by atoms with Gasteiger partial charge in [-0.05, 0) is 25.7 Å². The number of ether oxygens (including phenoxy) is 1. The molecule has 0 heterocycles. The monoisotopic (exact) mass is 229 g/mol. The number of hydrogen-bond donors (Lipinski definition) is 2. The SMILES string of the molecule is CCCCOC1CCC(CO)(NC(C)C)C1. The van der Waals surface area contributed by atoms with Crippen molar-refractivity contribution < 1.29 is 9.84 Å². The maximum atomic E-state index is 9.54. The minimum absolute atomic E-state index is 0.0922. The van der Waals surface area contributed by atoms with E-state index in [4.69, 9.17) is 4.74 Å². The number of aliphatic hydroxyl groups is 1. The predicted octanol–water partition coefficient (Wildman–Crippen LogP) is 2.08. The van der Waals surface area contributed by atoms with E-state index in [2.05, 4.69) is 26.1 Å². The van der Waals surface area contributed by atoms with E-state index in [1.54, 1.807) is 0 Å². The molecule has 0 radical (unpaired) electrons. The normalized spacial score (nSPS) is 30.2. The van der Waals surface area contributed by atoms with Crippen LogP contribution in [0.15, 0.2) is 0 Å². The molecule has 3 nitrogen and oxygen atoms in total. The second-order valence-corrected chi connectivity index (χ2v) is 5.33. The number of unbranched alkanes of at least 4 members (excludes halogenated alkanes) is 1. The Hall–Kier alpha value is -0.120. The van der Waals surface area contributed by atoms with Crippen LogP contribution in [0.5, 0.6) is 0 Å². The standard InChI is InChI=1S/C13H27NO2/c1-4-5-8-16-12-6-7-13(9-12,10-15)14-11(2)3/h11-12,14-15H,4-10H2,1-3H3. The van der Waals surface area contributed by atoms with Crippen molar-refractivity contribution in [3.8, 4) is 0 Å². The van der Waals surface area contributed by atoms with Gasteiger partial charge in [0.05, 0.1) is 12.7 Å². The van der Waals surface area contributed by atoms with Crippen LogP contribution in [-0.4, -0.2) is 36.0 Å². The molecule has 1 aliphatic rings. The lowest BCUT2D eigenvalue weighted by molar-refractivity contribution is 0.0442. The van der Waals surface area contributed by atoms with Crippen molar-refractivity contribution in [3.63, 3.8) is 0 Å². The fourth-order valence-corrected chi connectivity index (χ4v) is 2.55. The molecule has 1 rings (SSSR count). The zero-order valence-electron chi connectivity index (χ0n) is 11.0. The van der Waals surface area contributed by atoms with E-state index in [1.807, 2.05) is 0 Å². The summed E-state index contributed by atoms with van der Waals surface area (Å²) in [6.07, 6.45) is 5.71. The average Bonchev–Trinajstić information content (AvgIpc) is 2.62. The van der Waals surface area contributed by atoms with E-state index in [0.717, 1.165) is 32.3 Å². The van der Waals surface area contributed by atoms with Gasteiger partial charge in [0.25, 0.3) is 0 Å². The highest BCUT2D eigenvalue weighted by atomic mass is 16.5. The molecular formula is C13H27NO2. The number of rotatable bonds is 7. The smallest absolute Gasteiger partial charge is 0.0614 e. The van der Waals surface area contributed by atoms with Crippen LogP contribution in [0.3, 0.4) is 0 Å². The molecule has 3 heteroatoms. The van der Waals surface area contributed by atoms with Crippen LogP contribution in [0.25, 0.3) is 0 Å². The quantitative estimate of drug-likeness (QED) is 0.657. The molecule has 0 amide bonds. The predicted molar refractivity (Wildman–Crippen MR) is 66.6 cm³/mol. The third-order valence-electron chi connectivity index (χ3n) is 3.31. The number of aliphatic hydroxyl groups excluding tert-OH is 1. The molecule has 2 N–H and O–H groups in total. The first-order valence-electron chi connectivity index (χ1n) is 6.62. The summed E-state index contributed by atoms with van der Waals surface area (Å²) in [5.74, 6) is 0. The molecule has 0 aliphatic heterocycles. The maximum absolute atomic E-state index is 9.54. The van der Waals surface area contributed by atoms with Crippen molar-refractivity contribution in [1.29, 1.82) is 0 Å². The molecule has 1 saturated carbocycles. The van der Waals surface area contributed by atoms with Gasteiger partial charge >= 0.3 is 0 Å². The van der Waals surface area contributed by atoms with Crippen LogP contribution in [0.2, 0.25) is 0 Å². The summed E-state index contributed by atoms with van der Waals surface area (Å²) in [7, 11) is 0. The lowest BCUT2D eigenvalue weighted by Crippen LogP contribution is -2.50. The molecule has 0 aromatic carbocycles. The molecule has 0 bridgehead atoms. The Morgan fingerprint density at radius 3 is 2.81 bits per heavy atom. The van der Waals surface area contributed by atoms with Gasteiger partial charge in [-0.1, -0.05) is 27.2 Å². The fraction of sp³-hybridized carbons (Fsp3) is 1.00.